The molecule has 4 aromatic carbocycles. The highest BCUT2D eigenvalue weighted by atomic mass is 19.1. The van der Waals surface area contributed by atoms with E-state index in [4.69, 9.17) is 8.83 Å². The average molecular weight is 785 g/mol. The average Bonchev–Trinajstić information content (AvgIpc) is 4.01. The van der Waals surface area contributed by atoms with E-state index < -0.39 is 0 Å². The van der Waals surface area contributed by atoms with E-state index in [1.165, 1.54) is 24.3 Å². The minimum Gasteiger partial charge on any atom is -0.441 e. The maximum absolute atomic E-state index is 13.5. The second kappa shape index (κ2) is 16.1. The van der Waals surface area contributed by atoms with Gasteiger partial charge in [0.25, 0.3) is 0 Å². The molecule has 0 unspecified atom stereocenters. The van der Waals surface area contributed by atoms with Crippen molar-refractivity contribution < 1.29 is 17.6 Å². The molecule has 0 aliphatic carbocycles. The molecule has 10 nitrogen and oxygen atoms in total. The van der Waals surface area contributed by atoms with Crippen molar-refractivity contribution in [3.05, 3.63) is 109 Å². The third kappa shape index (κ3) is 8.15. The van der Waals surface area contributed by atoms with Crippen LogP contribution < -0.4 is 10.6 Å². The number of aromatic amines is 2. The summed E-state index contributed by atoms with van der Waals surface area (Å²) in [6.07, 6.45) is 5.42. The summed E-state index contributed by atoms with van der Waals surface area (Å²) in [7, 11) is 0. The van der Waals surface area contributed by atoms with Crippen molar-refractivity contribution >= 4 is 44.0 Å². The topological polar surface area (TPSA) is 114 Å². The Kier molecular flexibility index (Phi) is 10.6. The van der Waals surface area contributed by atoms with Crippen molar-refractivity contribution in [2.75, 3.05) is 39.3 Å². The van der Waals surface area contributed by atoms with Crippen LogP contribution in [0.15, 0.2) is 94.0 Å². The van der Waals surface area contributed by atoms with Gasteiger partial charge in [0.05, 0.1) is 0 Å². The van der Waals surface area contributed by atoms with E-state index >= 15 is 0 Å². The van der Waals surface area contributed by atoms with E-state index in [2.05, 4.69) is 68.1 Å². The zero-order valence-corrected chi connectivity index (χ0v) is 33.4. The van der Waals surface area contributed by atoms with Gasteiger partial charge < -0.3 is 29.4 Å². The summed E-state index contributed by atoms with van der Waals surface area (Å²) in [5.41, 5.74) is 9.02. The summed E-state index contributed by atoms with van der Waals surface area (Å²) in [6.45, 7) is 15.0. The second-order valence-corrected chi connectivity index (χ2v) is 16.2. The standard InChI is InChI=1S/2C23H25FN4O/c1-14-13-28(15(2)11-25-14)8-7-23-27-20-6-3-16(9-22(20)29-23)19-12-26-21-10-17(24)4-5-18(19)21;1-14-12-28(13-15(2)26-14)8-7-23-27-20-6-3-16(9-22(20)29-23)19-11-25-21-10-17(24)4-5-18(19)21/h3-6,9-10,12,14-15,25-26H,7-8,11,13H2,1-2H3;3-6,9-11,14-15,25-26H,7-8,12-13H2,1-2H3/t14-,15+;14-,15-/m11/s1. The van der Waals surface area contributed by atoms with Crippen LogP contribution in [0.4, 0.5) is 8.78 Å². The number of hydrogen-bond donors (Lipinski definition) is 4. The van der Waals surface area contributed by atoms with Gasteiger partial charge in [-0.05, 0) is 99.5 Å². The SMILES string of the molecule is C[C@@H]1CN(CCc2nc3ccc(-c4c[nH]c5cc(F)ccc45)cc3o2)C[C@@H](C)N1.C[C@@H]1CN(CCc2nc3ccc(-c4c[nH]c5cc(F)ccc45)cc3o2)[C@@H](C)CN1. The molecule has 2 aliphatic heterocycles. The highest BCUT2D eigenvalue weighted by Gasteiger charge is 2.23. The quantitative estimate of drug-likeness (QED) is 0.121. The van der Waals surface area contributed by atoms with Gasteiger partial charge in [0, 0.05) is 122 Å². The van der Waals surface area contributed by atoms with Crippen LogP contribution in [0.3, 0.4) is 0 Å². The molecule has 0 bridgehead atoms. The monoisotopic (exact) mass is 784 g/mol. The van der Waals surface area contributed by atoms with Gasteiger partial charge in [-0.3, -0.25) is 9.80 Å². The van der Waals surface area contributed by atoms with Gasteiger partial charge in [-0.1, -0.05) is 12.1 Å². The van der Waals surface area contributed by atoms with E-state index in [9.17, 15) is 8.78 Å². The molecule has 0 radical (unpaired) electrons. The van der Waals surface area contributed by atoms with E-state index in [0.29, 0.717) is 24.2 Å². The molecule has 2 saturated heterocycles. The molecular weight excluding hydrogens is 735 g/mol. The van der Waals surface area contributed by atoms with Crippen LogP contribution in [0.1, 0.15) is 39.5 Å². The minimum absolute atomic E-state index is 0.241. The van der Waals surface area contributed by atoms with Gasteiger partial charge in [0.15, 0.2) is 22.9 Å². The van der Waals surface area contributed by atoms with Crippen LogP contribution in [0.2, 0.25) is 0 Å². The van der Waals surface area contributed by atoms with E-state index in [1.54, 1.807) is 0 Å². The molecule has 300 valence electrons. The molecule has 8 aromatic rings. The molecule has 6 heterocycles. The van der Waals surface area contributed by atoms with Crippen molar-refractivity contribution in [1.29, 1.82) is 0 Å². The molecule has 2 fully saturated rings. The lowest BCUT2D eigenvalue weighted by Crippen LogP contribution is -2.54. The van der Waals surface area contributed by atoms with Crippen molar-refractivity contribution in [3.8, 4) is 22.3 Å². The van der Waals surface area contributed by atoms with Crippen LogP contribution in [0.25, 0.3) is 66.3 Å². The van der Waals surface area contributed by atoms with Crippen molar-refractivity contribution in [2.24, 2.45) is 0 Å². The second-order valence-electron chi connectivity index (χ2n) is 16.2. The summed E-state index contributed by atoms with van der Waals surface area (Å²) in [6, 6.07) is 23.8. The number of H-pyrrole nitrogens is 2. The number of hydrogen-bond acceptors (Lipinski definition) is 8. The van der Waals surface area contributed by atoms with Crippen LogP contribution >= 0.6 is 0 Å². The number of aromatic nitrogens is 4. The molecule has 58 heavy (non-hydrogen) atoms. The number of fused-ring (bicyclic) bond motifs is 4. The summed E-state index contributed by atoms with van der Waals surface area (Å²) in [4.78, 5) is 20.6. The molecule has 10 rings (SSSR count). The van der Waals surface area contributed by atoms with Crippen LogP contribution in [-0.4, -0.2) is 93.2 Å². The Bertz CT molecular complexity index is 2690. The third-order valence-corrected chi connectivity index (χ3v) is 11.6. The number of benzene rings is 4. The molecule has 0 spiro atoms. The maximum atomic E-state index is 13.5. The van der Waals surface area contributed by atoms with Gasteiger partial charge in [-0.2, -0.15) is 0 Å². The Morgan fingerprint density at radius 3 is 1.72 bits per heavy atom. The lowest BCUT2D eigenvalue weighted by Gasteiger charge is -2.37. The predicted molar refractivity (Wildman–Crippen MR) is 227 cm³/mol. The maximum Gasteiger partial charge on any atom is 0.196 e. The number of oxazole rings is 2. The number of rotatable bonds is 8. The Labute approximate surface area is 336 Å². The molecule has 4 N–H and O–H groups in total. The molecule has 12 heteroatoms. The van der Waals surface area contributed by atoms with Gasteiger partial charge in [0.1, 0.15) is 22.7 Å². The first-order chi connectivity index (χ1) is 28.1. The summed E-state index contributed by atoms with van der Waals surface area (Å²) >= 11 is 0. The fraction of sp³-hybridized carbons (Fsp3) is 0.348. The Balaban J connectivity index is 0.000000150. The van der Waals surface area contributed by atoms with E-state index in [-0.39, 0.29) is 11.6 Å². The van der Waals surface area contributed by atoms with E-state index in [0.717, 1.165) is 130 Å². The van der Waals surface area contributed by atoms with Gasteiger partial charge in [0.2, 0.25) is 0 Å². The fourth-order valence-electron chi connectivity index (χ4n) is 8.69. The van der Waals surface area contributed by atoms with Crippen LogP contribution in [0, 0.1) is 11.6 Å². The van der Waals surface area contributed by atoms with E-state index in [1.807, 2.05) is 60.9 Å². The highest BCUT2D eigenvalue weighted by Crippen LogP contribution is 2.33. The first kappa shape index (κ1) is 38.1. The zero-order chi connectivity index (χ0) is 39.9. The van der Waals surface area contributed by atoms with Crippen molar-refractivity contribution in [3.63, 3.8) is 0 Å². The first-order valence-electron chi connectivity index (χ1n) is 20.4. The first-order valence-corrected chi connectivity index (χ1v) is 20.4. The lowest BCUT2D eigenvalue weighted by molar-refractivity contribution is 0.145. The number of halogens is 2. The summed E-state index contributed by atoms with van der Waals surface area (Å²) in [5, 5.41) is 9.06. The van der Waals surface area contributed by atoms with Crippen LogP contribution in [0.5, 0.6) is 0 Å². The third-order valence-electron chi connectivity index (χ3n) is 11.6. The van der Waals surface area contributed by atoms with Gasteiger partial charge in [-0.25, -0.2) is 18.7 Å². The summed E-state index contributed by atoms with van der Waals surface area (Å²) < 4.78 is 39.0. The Hall–Kier alpha value is -5.40. The Morgan fingerprint density at radius 2 is 1.17 bits per heavy atom. The van der Waals surface area contributed by atoms with Crippen molar-refractivity contribution in [1.82, 2.24) is 40.4 Å². The molecule has 4 aromatic heterocycles. The largest absolute Gasteiger partial charge is 0.441 e. The Morgan fingerprint density at radius 1 is 0.638 bits per heavy atom. The zero-order valence-electron chi connectivity index (χ0n) is 33.4. The fourth-order valence-corrected chi connectivity index (χ4v) is 8.69. The van der Waals surface area contributed by atoms with Crippen LogP contribution in [-0.2, 0) is 12.8 Å². The van der Waals surface area contributed by atoms with Crippen molar-refractivity contribution in [2.45, 2.75) is 64.7 Å². The normalized spacial score (nSPS) is 20.7. The lowest BCUT2D eigenvalue weighted by atomic mass is 10.0. The molecular formula is C46H50F2N8O2. The highest BCUT2D eigenvalue weighted by molar-refractivity contribution is 5.98. The number of nitrogens with one attached hydrogen (secondary N) is 4. The smallest absolute Gasteiger partial charge is 0.196 e. The molecule has 4 atom stereocenters. The van der Waals surface area contributed by atoms with Gasteiger partial charge in [-0.15, -0.1) is 0 Å². The summed E-state index contributed by atoms with van der Waals surface area (Å²) in [5.74, 6) is 1.07. The number of piperazine rings is 2. The minimum atomic E-state index is -0.241. The molecule has 2 aliphatic rings. The molecule has 0 amide bonds. The van der Waals surface area contributed by atoms with Gasteiger partial charge >= 0.3 is 0 Å². The predicted octanol–water partition coefficient (Wildman–Crippen LogP) is 8.68. The molecule has 0 saturated carbocycles. The number of nitrogens with zero attached hydrogens (tertiary/aromatic N) is 4.